The van der Waals surface area contributed by atoms with Gasteiger partial charge in [0.2, 0.25) is 5.91 Å². The van der Waals surface area contributed by atoms with E-state index in [2.05, 4.69) is 4.90 Å². The zero-order valence-corrected chi connectivity index (χ0v) is 10.3. The Bertz CT molecular complexity index is 223. The lowest BCUT2D eigenvalue weighted by Crippen LogP contribution is -2.35. The van der Waals surface area contributed by atoms with Gasteiger partial charge in [-0.25, -0.2) is 0 Å². The van der Waals surface area contributed by atoms with E-state index in [-0.39, 0.29) is 5.91 Å². The Morgan fingerprint density at radius 1 is 1.56 bits per heavy atom. The molecule has 1 rings (SSSR count). The Labute approximate surface area is 97.5 Å². The fourth-order valence-electron chi connectivity index (χ4n) is 1.88. The summed E-state index contributed by atoms with van der Waals surface area (Å²) in [6, 6.07) is 0. The average molecular weight is 229 g/mol. The second kappa shape index (κ2) is 6.83. The molecule has 1 saturated heterocycles. The first kappa shape index (κ1) is 13.4. The van der Waals surface area contributed by atoms with Crippen molar-refractivity contribution in [3.05, 3.63) is 0 Å². The van der Waals surface area contributed by atoms with Crippen molar-refractivity contribution < 1.29 is 9.53 Å². The van der Waals surface area contributed by atoms with E-state index in [9.17, 15) is 4.79 Å². The van der Waals surface area contributed by atoms with E-state index in [1.807, 2.05) is 11.9 Å². The van der Waals surface area contributed by atoms with Crippen LogP contribution in [0.3, 0.4) is 0 Å². The minimum atomic E-state index is 0.246. The van der Waals surface area contributed by atoms with Crippen molar-refractivity contribution in [2.24, 2.45) is 11.7 Å². The van der Waals surface area contributed by atoms with E-state index < -0.39 is 0 Å². The number of methoxy groups -OCH3 is 1. The molecule has 1 unspecified atom stereocenters. The minimum absolute atomic E-state index is 0.246. The Kier molecular flexibility index (Phi) is 5.73. The van der Waals surface area contributed by atoms with Crippen molar-refractivity contribution in [3.8, 4) is 0 Å². The smallest absolute Gasteiger partial charge is 0.223 e. The molecule has 0 aliphatic carbocycles. The molecule has 0 spiro atoms. The van der Waals surface area contributed by atoms with Crippen molar-refractivity contribution in [3.63, 3.8) is 0 Å². The van der Waals surface area contributed by atoms with Gasteiger partial charge in [0.15, 0.2) is 0 Å². The van der Waals surface area contributed by atoms with Gasteiger partial charge in [0, 0.05) is 39.7 Å². The molecular weight excluding hydrogens is 206 g/mol. The highest BCUT2D eigenvalue weighted by Crippen LogP contribution is 2.15. The molecule has 5 heteroatoms. The quantitative estimate of drug-likeness (QED) is 0.631. The van der Waals surface area contributed by atoms with Crippen molar-refractivity contribution in [2.75, 3.05) is 53.5 Å². The summed E-state index contributed by atoms with van der Waals surface area (Å²) in [4.78, 5) is 15.7. The molecule has 0 aromatic carbocycles. The number of likely N-dealkylation sites (tertiary alicyclic amines) is 1. The summed E-state index contributed by atoms with van der Waals surface area (Å²) in [6.07, 6.45) is 0.623. The number of hydrogen-bond donors (Lipinski definition) is 1. The normalized spacial score (nSPS) is 21.1. The van der Waals surface area contributed by atoms with Gasteiger partial charge in [0.25, 0.3) is 0 Å². The molecule has 94 valence electrons. The van der Waals surface area contributed by atoms with Gasteiger partial charge in [0.05, 0.1) is 6.61 Å². The Morgan fingerprint density at radius 3 is 2.88 bits per heavy atom. The van der Waals surface area contributed by atoms with Crippen LogP contribution in [0.5, 0.6) is 0 Å². The molecule has 0 aromatic rings. The summed E-state index contributed by atoms with van der Waals surface area (Å²) in [5, 5.41) is 0. The number of carbonyl (C=O) groups excluding carboxylic acids is 1. The van der Waals surface area contributed by atoms with Gasteiger partial charge in [0.1, 0.15) is 0 Å². The molecule has 2 N–H and O–H groups in total. The van der Waals surface area contributed by atoms with E-state index in [1.165, 1.54) is 0 Å². The average Bonchev–Trinajstić information content (AvgIpc) is 2.64. The van der Waals surface area contributed by atoms with Gasteiger partial charge in [-0.05, 0) is 19.5 Å². The largest absolute Gasteiger partial charge is 0.383 e. The van der Waals surface area contributed by atoms with E-state index in [1.54, 1.807) is 7.11 Å². The zero-order chi connectivity index (χ0) is 12.0. The first-order valence-corrected chi connectivity index (χ1v) is 5.82. The van der Waals surface area contributed by atoms with Gasteiger partial charge in [-0.15, -0.1) is 0 Å². The Morgan fingerprint density at radius 2 is 2.31 bits per heavy atom. The summed E-state index contributed by atoms with van der Waals surface area (Å²) in [6.45, 7) is 4.77. The maximum absolute atomic E-state index is 11.6. The first-order chi connectivity index (χ1) is 7.67. The van der Waals surface area contributed by atoms with Gasteiger partial charge in [-0.3, -0.25) is 4.79 Å². The molecule has 16 heavy (non-hydrogen) atoms. The highest BCUT2D eigenvalue weighted by molar-refractivity contribution is 5.78. The van der Waals surface area contributed by atoms with Gasteiger partial charge in [-0.2, -0.15) is 0 Å². The van der Waals surface area contributed by atoms with E-state index in [0.717, 1.165) is 32.8 Å². The molecule has 1 amide bonds. The first-order valence-electron chi connectivity index (χ1n) is 5.82. The Hall–Kier alpha value is -0.650. The third-order valence-electron chi connectivity index (χ3n) is 3.06. The topological polar surface area (TPSA) is 58.8 Å². The van der Waals surface area contributed by atoms with Crippen molar-refractivity contribution in [2.45, 2.75) is 6.42 Å². The summed E-state index contributed by atoms with van der Waals surface area (Å²) in [7, 11) is 3.74. The molecule has 5 nitrogen and oxygen atoms in total. The summed E-state index contributed by atoms with van der Waals surface area (Å²) >= 11 is 0. The number of rotatable bonds is 7. The van der Waals surface area contributed by atoms with E-state index in [4.69, 9.17) is 10.5 Å². The highest BCUT2D eigenvalue weighted by Gasteiger charge is 2.27. The molecule has 1 atom stereocenters. The fourth-order valence-corrected chi connectivity index (χ4v) is 1.88. The number of carbonyl (C=O) groups is 1. The lowest BCUT2D eigenvalue weighted by Gasteiger charge is -2.21. The predicted octanol–water partition coefficient (Wildman–Crippen LogP) is -0.628. The van der Waals surface area contributed by atoms with Crippen LogP contribution in [-0.2, 0) is 9.53 Å². The highest BCUT2D eigenvalue weighted by atomic mass is 16.5. The van der Waals surface area contributed by atoms with Crippen LogP contribution >= 0.6 is 0 Å². The summed E-state index contributed by atoms with van der Waals surface area (Å²) in [5.74, 6) is 0.604. The van der Waals surface area contributed by atoms with Crippen LogP contribution in [0.2, 0.25) is 0 Å². The number of hydrogen-bond acceptors (Lipinski definition) is 4. The molecule has 1 aliphatic heterocycles. The maximum atomic E-state index is 11.6. The number of likely N-dealkylation sites (N-methyl/N-ethyl adjacent to an activating group) is 1. The van der Waals surface area contributed by atoms with Crippen LogP contribution < -0.4 is 5.73 Å². The van der Waals surface area contributed by atoms with Crippen LogP contribution in [0.1, 0.15) is 6.42 Å². The van der Waals surface area contributed by atoms with Gasteiger partial charge < -0.3 is 20.3 Å². The minimum Gasteiger partial charge on any atom is -0.383 e. The second-order valence-corrected chi connectivity index (χ2v) is 4.44. The van der Waals surface area contributed by atoms with Crippen LogP contribution in [0, 0.1) is 5.92 Å². The molecule has 0 bridgehead atoms. The van der Waals surface area contributed by atoms with Crippen molar-refractivity contribution >= 4 is 5.91 Å². The van der Waals surface area contributed by atoms with Gasteiger partial charge >= 0.3 is 0 Å². The van der Waals surface area contributed by atoms with Crippen molar-refractivity contribution in [1.82, 2.24) is 9.80 Å². The predicted molar refractivity (Wildman–Crippen MR) is 63.1 cm³/mol. The van der Waals surface area contributed by atoms with Crippen LogP contribution in [0.25, 0.3) is 0 Å². The number of amides is 1. The summed E-state index contributed by atoms with van der Waals surface area (Å²) in [5.41, 5.74) is 5.57. The SMILES string of the molecule is COCCN(C)CCN1CC(CN)CC1=O. The molecule has 1 aliphatic rings. The molecule has 0 saturated carbocycles. The lowest BCUT2D eigenvalue weighted by molar-refractivity contribution is -0.127. The molecule has 1 fully saturated rings. The molecular formula is C11H23N3O2. The number of nitrogens with zero attached hydrogens (tertiary/aromatic N) is 2. The Balaban J connectivity index is 2.20. The summed E-state index contributed by atoms with van der Waals surface area (Å²) < 4.78 is 5.00. The van der Waals surface area contributed by atoms with E-state index >= 15 is 0 Å². The van der Waals surface area contributed by atoms with Crippen molar-refractivity contribution in [1.29, 1.82) is 0 Å². The maximum Gasteiger partial charge on any atom is 0.223 e. The molecule has 0 radical (unpaired) electrons. The van der Waals surface area contributed by atoms with Gasteiger partial charge in [-0.1, -0.05) is 0 Å². The lowest BCUT2D eigenvalue weighted by atomic mass is 10.1. The van der Waals surface area contributed by atoms with Crippen LogP contribution in [0.15, 0.2) is 0 Å². The third-order valence-corrected chi connectivity index (χ3v) is 3.06. The second-order valence-electron chi connectivity index (χ2n) is 4.44. The van der Waals surface area contributed by atoms with Crippen LogP contribution in [0.4, 0.5) is 0 Å². The molecule has 0 aromatic heterocycles. The van der Waals surface area contributed by atoms with E-state index in [0.29, 0.717) is 18.9 Å². The standard InChI is InChI=1S/C11H23N3O2/c1-13(5-6-16-2)3-4-14-9-10(8-12)7-11(14)15/h10H,3-9,12H2,1-2H3. The van der Waals surface area contributed by atoms with Crippen LogP contribution in [-0.4, -0.2) is 69.2 Å². The number of ether oxygens (including phenoxy) is 1. The monoisotopic (exact) mass is 229 g/mol. The number of nitrogens with two attached hydrogens (primary N) is 1. The third kappa shape index (κ3) is 4.08. The fraction of sp³-hybridized carbons (Fsp3) is 0.909. The molecule has 1 heterocycles. The zero-order valence-electron chi connectivity index (χ0n) is 10.3.